The van der Waals surface area contributed by atoms with Crippen LogP contribution in [-0.2, 0) is 12.7 Å². The average molecular weight is 375 g/mol. The Labute approximate surface area is 156 Å². The van der Waals surface area contributed by atoms with E-state index in [0.717, 1.165) is 44.0 Å². The standard InChI is InChI=1S/C22H21F4N/c23-17-9-10-21(22(24,25)26)20(13-17)16-11-18-7-4-8-19(12-16)27(18)14-15-5-2-1-3-6-15/h1-3,5-6,9-11,13,18-19H,4,7-8,12,14H2. The number of fused-ring (bicyclic) bond motifs is 2. The summed E-state index contributed by atoms with van der Waals surface area (Å²) in [6, 6.07) is 13.2. The summed E-state index contributed by atoms with van der Waals surface area (Å²) in [5.74, 6) is -0.629. The number of hydrogen-bond acceptors (Lipinski definition) is 1. The van der Waals surface area contributed by atoms with Crippen LogP contribution < -0.4 is 0 Å². The number of benzene rings is 2. The van der Waals surface area contributed by atoms with Crippen LogP contribution in [0, 0.1) is 5.82 Å². The van der Waals surface area contributed by atoms with Gasteiger partial charge in [-0.15, -0.1) is 0 Å². The van der Waals surface area contributed by atoms with Gasteiger partial charge in [-0.05, 0) is 54.2 Å². The van der Waals surface area contributed by atoms with Crippen molar-refractivity contribution in [2.75, 3.05) is 0 Å². The predicted molar refractivity (Wildman–Crippen MR) is 97.4 cm³/mol. The van der Waals surface area contributed by atoms with E-state index in [-0.39, 0.29) is 17.6 Å². The highest BCUT2D eigenvalue weighted by molar-refractivity contribution is 5.71. The number of alkyl halides is 3. The third-order valence-electron chi connectivity index (χ3n) is 5.62. The molecular weight excluding hydrogens is 354 g/mol. The molecule has 5 heteroatoms. The van der Waals surface area contributed by atoms with Gasteiger partial charge in [0.25, 0.3) is 0 Å². The summed E-state index contributed by atoms with van der Waals surface area (Å²) in [6.45, 7) is 0.787. The lowest BCUT2D eigenvalue weighted by Gasteiger charge is -2.45. The molecule has 0 radical (unpaired) electrons. The molecule has 0 amide bonds. The lowest BCUT2D eigenvalue weighted by atomic mass is 9.81. The summed E-state index contributed by atoms with van der Waals surface area (Å²) in [6.07, 6.45) is 0.916. The Morgan fingerprint density at radius 2 is 1.78 bits per heavy atom. The van der Waals surface area contributed by atoms with Crippen LogP contribution in [0.4, 0.5) is 17.6 Å². The lowest BCUT2D eigenvalue weighted by Crippen LogP contribution is -2.47. The van der Waals surface area contributed by atoms with Crippen LogP contribution in [0.1, 0.15) is 42.4 Å². The Morgan fingerprint density at radius 3 is 2.48 bits per heavy atom. The van der Waals surface area contributed by atoms with Gasteiger partial charge in [0, 0.05) is 18.6 Å². The predicted octanol–water partition coefficient (Wildman–Crippen LogP) is 6.05. The maximum atomic E-state index is 13.7. The van der Waals surface area contributed by atoms with Crippen molar-refractivity contribution < 1.29 is 17.6 Å². The summed E-state index contributed by atoms with van der Waals surface area (Å²) >= 11 is 0. The summed E-state index contributed by atoms with van der Waals surface area (Å²) < 4.78 is 54.0. The molecule has 2 aromatic carbocycles. The molecule has 142 valence electrons. The van der Waals surface area contributed by atoms with Gasteiger partial charge in [-0.1, -0.05) is 42.8 Å². The van der Waals surface area contributed by atoms with Gasteiger partial charge in [0.15, 0.2) is 0 Å². The highest BCUT2D eigenvalue weighted by Gasteiger charge is 2.38. The van der Waals surface area contributed by atoms with Crippen molar-refractivity contribution in [3.63, 3.8) is 0 Å². The Morgan fingerprint density at radius 1 is 1.00 bits per heavy atom. The topological polar surface area (TPSA) is 3.24 Å². The molecule has 2 atom stereocenters. The molecule has 2 unspecified atom stereocenters. The number of halogens is 4. The zero-order valence-electron chi connectivity index (χ0n) is 14.8. The quantitative estimate of drug-likeness (QED) is 0.590. The smallest absolute Gasteiger partial charge is 0.289 e. The number of hydrogen-bond donors (Lipinski definition) is 0. The van der Waals surface area contributed by atoms with Crippen LogP contribution in [0.25, 0.3) is 5.57 Å². The van der Waals surface area contributed by atoms with Crippen LogP contribution in [0.2, 0.25) is 0 Å². The van der Waals surface area contributed by atoms with Crippen molar-refractivity contribution in [1.29, 1.82) is 0 Å². The first-order chi connectivity index (χ1) is 12.9. The molecule has 27 heavy (non-hydrogen) atoms. The average Bonchev–Trinajstić information content (AvgIpc) is 2.61. The molecule has 2 bridgehead atoms. The molecule has 2 heterocycles. The number of nitrogens with zero attached hydrogens (tertiary/aromatic N) is 1. The van der Waals surface area contributed by atoms with Crippen molar-refractivity contribution in [2.45, 2.75) is 50.5 Å². The van der Waals surface area contributed by atoms with Gasteiger partial charge in [0.1, 0.15) is 5.82 Å². The number of rotatable bonds is 3. The fourth-order valence-electron chi connectivity index (χ4n) is 4.39. The Balaban J connectivity index is 1.68. The lowest BCUT2D eigenvalue weighted by molar-refractivity contribution is -0.137. The molecule has 2 aliphatic rings. The van der Waals surface area contributed by atoms with Gasteiger partial charge in [-0.2, -0.15) is 13.2 Å². The highest BCUT2D eigenvalue weighted by atomic mass is 19.4. The fourth-order valence-corrected chi connectivity index (χ4v) is 4.39. The van der Waals surface area contributed by atoms with Crippen molar-refractivity contribution >= 4 is 5.57 Å². The van der Waals surface area contributed by atoms with E-state index < -0.39 is 17.6 Å². The molecule has 4 rings (SSSR count). The monoisotopic (exact) mass is 375 g/mol. The van der Waals surface area contributed by atoms with Crippen molar-refractivity contribution in [3.05, 3.63) is 77.1 Å². The van der Waals surface area contributed by atoms with E-state index in [1.807, 2.05) is 24.3 Å². The normalized spacial score (nSPS) is 23.2. The summed E-state index contributed by atoms with van der Waals surface area (Å²) in [4.78, 5) is 2.38. The van der Waals surface area contributed by atoms with Gasteiger partial charge < -0.3 is 0 Å². The minimum absolute atomic E-state index is 0.00115. The second-order valence-corrected chi connectivity index (χ2v) is 7.39. The molecule has 0 saturated carbocycles. The third-order valence-corrected chi connectivity index (χ3v) is 5.62. The maximum Gasteiger partial charge on any atom is 0.416 e. The van der Waals surface area contributed by atoms with E-state index in [1.165, 1.54) is 5.56 Å². The van der Waals surface area contributed by atoms with Crippen molar-refractivity contribution in [3.8, 4) is 0 Å². The maximum absolute atomic E-state index is 13.7. The van der Waals surface area contributed by atoms with E-state index in [9.17, 15) is 17.6 Å². The summed E-state index contributed by atoms with van der Waals surface area (Å²) in [5, 5.41) is 0. The van der Waals surface area contributed by atoms with Crippen LogP contribution in [0.15, 0.2) is 54.6 Å². The molecule has 0 aromatic heterocycles. The summed E-state index contributed by atoms with van der Waals surface area (Å²) in [7, 11) is 0. The first-order valence-corrected chi connectivity index (χ1v) is 9.29. The highest BCUT2D eigenvalue weighted by Crippen LogP contribution is 2.42. The SMILES string of the molecule is Fc1ccc(C(F)(F)F)c(C2=CC3CCCC(C2)N3Cc2ccccc2)c1. The summed E-state index contributed by atoms with van der Waals surface area (Å²) in [5.41, 5.74) is 1.08. The van der Waals surface area contributed by atoms with Crippen LogP contribution in [0.3, 0.4) is 0 Å². The molecule has 0 N–H and O–H groups in total. The molecule has 1 fully saturated rings. The van der Waals surface area contributed by atoms with E-state index >= 15 is 0 Å². The minimum atomic E-state index is -4.49. The largest absolute Gasteiger partial charge is 0.416 e. The van der Waals surface area contributed by atoms with Crippen molar-refractivity contribution in [2.24, 2.45) is 0 Å². The Bertz CT molecular complexity index is 841. The molecule has 2 aromatic rings. The van der Waals surface area contributed by atoms with Gasteiger partial charge in [-0.25, -0.2) is 4.39 Å². The number of piperidine rings is 1. The minimum Gasteiger partial charge on any atom is -0.289 e. The second-order valence-electron chi connectivity index (χ2n) is 7.39. The zero-order chi connectivity index (χ0) is 19.0. The van der Waals surface area contributed by atoms with Crippen LogP contribution in [0.5, 0.6) is 0 Å². The molecule has 0 aliphatic carbocycles. The molecule has 2 aliphatic heterocycles. The molecule has 0 spiro atoms. The van der Waals surface area contributed by atoms with Gasteiger partial charge in [-0.3, -0.25) is 4.90 Å². The van der Waals surface area contributed by atoms with E-state index in [2.05, 4.69) is 17.0 Å². The van der Waals surface area contributed by atoms with Crippen LogP contribution >= 0.6 is 0 Å². The second kappa shape index (κ2) is 7.12. The fraction of sp³-hybridized carbons (Fsp3) is 0.364. The van der Waals surface area contributed by atoms with E-state index in [1.54, 1.807) is 0 Å². The zero-order valence-corrected chi connectivity index (χ0v) is 14.8. The Kier molecular flexibility index (Phi) is 4.81. The van der Waals surface area contributed by atoms with Gasteiger partial charge in [0.05, 0.1) is 5.56 Å². The first kappa shape index (κ1) is 18.2. The van der Waals surface area contributed by atoms with Gasteiger partial charge >= 0.3 is 6.18 Å². The molecule has 1 nitrogen and oxygen atoms in total. The van der Waals surface area contributed by atoms with E-state index in [0.29, 0.717) is 12.0 Å². The Hall–Kier alpha value is -2.14. The van der Waals surface area contributed by atoms with E-state index in [4.69, 9.17) is 0 Å². The third kappa shape index (κ3) is 3.79. The molecular formula is C22H21F4N. The van der Waals surface area contributed by atoms with Crippen molar-refractivity contribution in [1.82, 2.24) is 4.90 Å². The first-order valence-electron chi connectivity index (χ1n) is 9.29. The van der Waals surface area contributed by atoms with Crippen LogP contribution in [-0.4, -0.2) is 17.0 Å². The van der Waals surface area contributed by atoms with Gasteiger partial charge in [0.2, 0.25) is 0 Å². The molecule has 1 saturated heterocycles.